The summed E-state index contributed by atoms with van der Waals surface area (Å²) < 4.78 is 1.75. The number of aryl methyl sites for hydroxylation is 1. The van der Waals surface area contributed by atoms with Crippen molar-refractivity contribution in [3.8, 4) is 0 Å². The van der Waals surface area contributed by atoms with E-state index in [0.717, 1.165) is 19.4 Å². The quantitative estimate of drug-likeness (QED) is 0.849. The van der Waals surface area contributed by atoms with Crippen LogP contribution in [0.3, 0.4) is 0 Å². The van der Waals surface area contributed by atoms with Gasteiger partial charge in [-0.15, -0.1) is 12.4 Å². The number of nitrogens with two attached hydrogens (primary N) is 1. The second kappa shape index (κ2) is 5.76. The molecule has 2 N–H and O–H groups in total. The highest BCUT2D eigenvalue weighted by molar-refractivity contribution is 6.31. The summed E-state index contributed by atoms with van der Waals surface area (Å²) in [6.45, 7) is 1.43. The minimum Gasteiger partial charge on any atom is -0.345 e. The van der Waals surface area contributed by atoms with Crippen molar-refractivity contribution >= 4 is 29.9 Å². The monoisotopic (exact) mass is 277 g/mol. The summed E-state index contributed by atoms with van der Waals surface area (Å²) in [6, 6.07) is 1.80. The molecule has 1 unspecified atom stereocenters. The Kier molecular flexibility index (Phi) is 4.86. The molecule has 1 atom stereocenters. The first-order valence-corrected chi connectivity index (χ1v) is 5.82. The molecule has 0 bridgehead atoms. The lowest BCUT2D eigenvalue weighted by molar-refractivity contribution is 0.0699. The van der Waals surface area contributed by atoms with Crippen LogP contribution >= 0.6 is 24.0 Å². The van der Waals surface area contributed by atoms with Crippen LogP contribution in [-0.4, -0.2) is 34.5 Å². The summed E-state index contributed by atoms with van der Waals surface area (Å²) in [4.78, 5) is 14.0. The minimum absolute atomic E-state index is 0. The number of carbonyl (C=O) groups is 1. The number of hydrogen-bond donors (Lipinski definition) is 1. The van der Waals surface area contributed by atoms with E-state index >= 15 is 0 Å². The number of hydrogen-bond acceptors (Lipinski definition) is 2. The number of aromatic nitrogens is 1. The number of nitrogens with zero attached hydrogens (tertiary/aromatic N) is 2. The standard InChI is InChI=1S/C11H16ClN3O.ClH/c1-14-6-8(12)5-10(14)11(16)15-4-2-3-9(13)7-15;/h5-6,9H,2-4,7,13H2,1H3;1H. The van der Waals surface area contributed by atoms with E-state index in [1.54, 1.807) is 21.7 Å². The van der Waals surface area contributed by atoms with Crippen LogP contribution in [0.25, 0.3) is 0 Å². The van der Waals surface area contributed by atoms with Gasteiger partial charge in [-0.1, -0.05) is 11.6 Å². The Morgan fingerprint density at radius 1 is 1.59 bits per heavy atom. The van der Waals surface area contributed by atoms with Gasteiger partial charge in [-0.05, 0) is 18.9 Å². The third-order valence-corrected chi connectivity index (χ3v) is 3.14. The number of rotatable bonds is 1. The van der Waals surface area contributed by atoms with E-state index in [0.29, 0.717) is 17.3 Å². The molecule has 0 radical (unpaired) electrons. The van der Waals surface area contributed by atoms with Crippen molar-refractivity contribution in [3.63, 3.8) is 0 Å². The maximum atomic E-state index is 12.2. The Hall–Kier alpha value is -0.710. The number of halogens is 2. The van der Waals surface area contributed by atoms with Crippen LogP contribution in [0.2, 0.25) is 5.02 Å². The molecular weight excluding hydrogens is 261 g/mol. The Morgan fingerprint density at radius 2 is 2.29 bits per heavy atom. The second-order valence-electron chi connectivity index (χ2n) is 4.31. The highest BCUT2D eigenvalue weighted by Gasteiger charge is 2.24. The lowest BCUT2D eigenvalue weighted by Gasteiger charge is -2.30. The average molecular weight is 278 g/mol. The van der Waals surface area contributed by atoms with Gasteiger partial charge in [0, 0.05) is 32.4 Å². The zero-order valence-corrected chi connectivity index (χ0v) is 11.3. The van der Waals surface area contributed by atoms with Crippen LogP contribution in [0, 0.1) is 0 Å². The van der Waals surface area contributed by atoms with E-state index in [1.807, 2.05) is 7.05 Å². The van der Waals surface area contributed by atoms with Gasteiger partial charge in [0.1, 0.15) is 5.69 Å². The van der Waals surface area contributed by atoms with Gasteiger partial charge in [0.05, 0.1) is 5.02 Å². The van der Waals surface area contributed by atoms with E-state index in [-0.39, 0.29) is 24.4 Å². The highest BCUT2D eigenvalue weighted by Crippen LogP contribution is 2.17. The van der Waals surface area contributed by atoms with E-state index < -0.39 is 0 Å². The van der Waals surface area contributed by atoms with Crippen LogP contribution in [0.5, 0.6) is 0 Å². The van der Waals surface area contributed by atoms with Crippen molar-refractivity contribution in [2.45, 2.75) is 18.9 Å². The molecule has 1 aliphatic rings. The highest BCUT2D eigenvalue weighted by atomic mass is 35.5. The topological polar surface area (TPSA) is 51.3 Å². The van der Waals surface area contributed by atoms with Gasteiger partial charge in [0.2, 0.25) is 0 Å². The largest absolute Gasteiger partial charge is 0.345 e. The molecule has 2 heterocycles. The molecule has 0 aromatic carbocycles. The maximum Gasteiger partial charge on any atom is 0.270 e. The zero-order chi connectivity index (χ0) is 11.7. The van der Waals surface area contributed by atoms with Gasteiger partial charge in [-0.2, -0.15) is 0 Å². The fraction of sp³-hybridized carbons (Fsp3) is 0.545. The van der Waals surface area contributed by atoms with Gasteiger partial charge in [-0.25, -0.2) is 0 Å². The van der Waals surface area contributed by atoms with Gasteiger partial charge in [0.25, 0.3) is 5.91 Å². The minimum atomic E-state index is 0. The Labute approximate surface area is 112 Å². The normalized spacial score (nSPS) is 19.9. The first kappa shape index (κ1) is 14.4. The maximum absolute atomic E-state index is 12.2. The molecule has 4 nitrogen and oxygen atoms in total. The van der Waals surface area contributed by atoms with Gasteiger partial charge in [0.15, 0.2) is 0 Å². The molecule has 6 heteroatoms. The van der Waals surface area contributed by atoms with E-state index in [9.17, 15) is 4.79 Å². The Balaban J connectivity index is 0.00000144. The summed E-state index contributed by atoms with van der Waals surface area (Å²) in [6.07, 6.45) is 3.71. The van der Waals surface area contributed by atoms with E-state index in [4.69, 9.17) is 17.3 Å². The Bertz CT molecular complexity index is 405. The van der Waals surface area contributed by atoms with Crippen LogP contribution in [0.15, 0.2) is 12.3 Å². The summed E-state index contributed by atoms with van der Waals surface area (Å²) in [7, 11) is 1.82. The molecule has 1 fully saturated rings. The number of piperidine rings is 1. The molecule has 0 aliphatic carbocycles. The van der Waals surface area contributed by atoms with E-state index in [2.05, 4.69) is 0 Å². The van der Waals surface area contributed by atoms with Crippen molar-refractivity contribution in [3.05, 3.63) is 23.0 Å². The van der Waals surface area contributed by atoms with E-state index in [1.165, 1.54) is 0 Å². The van der Waals surface area contributed by atoms with Crippen molar-refractivity contribution in [2.75, 3.05) is 13.1 Å². The summed E-state index contributed by atoms with van der Waals surface area (Å²) >= 11 is 5.86. The molecule has 1 aliphatic heterocycles. The second-order valence-corrected chi connectivity index (χ2v) is 4.74. The first-order chi connectivity index (χ1) is 7.58. The third-order valence-electron chi connectivity index (χ3n) is 2.94. The predicted molar refractivity (Wildman–Crippen MR) is 70.8 cm³/mol. The molecule has 1 amide bonds. The fourth-order valence-electron chi connectivity index (χ4n) is 2.09. The predicted octanol–water partition coefficient (Wildman–Crippen LogP) is 1.66. The van der Waals surface area contributed by atoms with Crippen molar-refractivity contribution in [1.82, 2.24) is 9.47 Å². The lowest BCUT2D eigenvalue weighted by atomic mass is 10.1. The fourth-order valence-corrected chi connectivity index (χ4v) is 2.34. The van der Waals surface area contributed by atoms with Crippen molar-refractivity contribution in [1.29, 1.82) is 0 Å². The molecule has 1 aromatic heterocycles. The Morgan fingerprint density at radius 3 is 2.82 bits per heavy atom. The molecule has 2 rings (SSSR count). The van der Waals surface area contributed by atoms with Gasteiger partial charge >= 0.3 is 0 Å². The number of amides is 1. The number of carbonyl (C=O) groups excluding carboxylic acids is 1. The smallest absolute Gasteiger partial charge is 0.270 e. The van der Waals surface area contributed by atoms with Gasteiger partial charge < -0.3 is 15.2 Å². The summed E-state index contributed by atoms with van der Waals surface area (Å²) in [5, 5.41) is 0.590. The molecule has 0 spiro atoms. The molecule has 96 valence electrons. The molecule has 1 saturated heterocycles. The van der Waals surface area contributed by atoms with Gasteiger partial charge in [-0.3, -0.25) is 4.79 Å². The summed E-state index contributed by atoms with van der Waals surface area (Å²) in [5.74, 6) is 0.0181. The lowest BCUT2D eigenvalue weighted by Crippen LogP contribution is -2.46. The van der Waals surface area contributed by atoms with Crippen LogP contribution in [0.1, 0.15) is 23.3 Å². The SMILES string of the molecule is Cl.Cn1cc(Cl)cc1C(=O)N1CCCC(N)C1. The van der Waals surface area contributed by atoms with Crippen molar-refractivity contribution in [2.24, 2.45) is 12.8 Å². The van der Waals surface area contributed by atoms with Crippen LogP contribution in [0.4, 0.5) is 0 Å². The molecule has 17 heavy (non-hydrogen) atoms. The van der Waals surface area contributed by atoms with Crippen molar-refractivity contribution < 1.29 is 4.79 Å². The molecule has 1 aromatic rings. The zero-order valence-electron chi connectivity index (χ0n) is 9.73. The van der Waals surface area contributed by atoms with Crippen LogP contribution in [-0.2, 0) is 7.05 Å². The number of likely N-dealkylation sites (tertiary alicyclic amines) is 1. The molecular formula is C11H17Cl2N3O. The third kappa shape index (κ3) is 3.15. The first-order valence-electron chi connectivity index (χ1n) is 5.44. The summed E-state index contributed by atoms with van der Waals surface area (Å²) in [5.41, 5.74) is 6.48. The average Bonchev–Trinajstić information content (AvgIpc) is 2.57. The van der Waals surface area contributed by atoms with Crippen LogP contribution < -0.4 is 5.73 Å². The molecule has 0 saturated carbocycles.